The number of imidazole rings is 2. The van der Waals surface area contributed by atoms with Crippen LogP contribution < -0.4 is 11.2 Å². The minimum atomic E-state index is -1.06. The zero-order valence-corrected chi connectivity index (χ0v) is 19.9. The molecule has 3 heterocycles. The number of rotatable bonds is 6. The van der Waals surface area contributed by atoms with Gasteiger partial charge < -0.3 is 4.74 Å². The number of hydrogen-bond donors (Lipinski definition) is 0. The second-order valence-corrected chi connectivity index (χ2v) is 8.41. The number of carbonyl (C=O) groups excluding carboxylic acids is 1. The summed E-state index contributed by atoms with van der Waals surface area (Å²) in [5, 5.41) is 0. The maximum absolute atomic E-state index is 13.5. The summed E-state index contributed by atoms with van der Waals surface area (Å²) in [6.45, 7) is 7.53. The van der Waals surface area contributed by atoms with Crippen LogP contribution in [0.25, 0.3) is 22.6 Å². The molecule has 0 aliphatic carbocycles. The van der Waals surface area contributed by atoms with Crippen molar-refractivity contribution in [3.05, 3.63) is 62.1 Å². The fourth-order valence-corrected chi connectivity index (χ4v) is 4.34. The Hall–Kier alpha value is -3.62. The molecule has 4 rings (SSSR count). The lowest BCUT2D eigenvalue weighted by Gasteiger charge is -2.13. The van der Waals surface area contributed by atoms with E-state index >= 15 is 0 Å². The van der Waals surface area contributed by atoms with Crippen LogP contribution in [-0.2, 0) is 23.0 Å². The Morgan fingerprint density at radius 3 is 2.39 bits per heavy atom. The molecule has 174 valence electrons. The summed E-state index contributed by atoms with van der Waals surface area (Å²) < 4.78 is 10.7. The molecule has 0 saturated heterocycles. The van der Waals surface area contributed by atoms with Gasteiger partial charge >= 0.3 is 11.7 Å². The van der Waals surface area contributed by atoms with Gasteiger partial charge in [-0.25, -0.2) is 14.2 Å². The zero-order chi connectivity index (χ0) is 24.0. The van der Waals surface area contributed by atoms with E-state index in [1.165, 1.54) is 24.2 Å². The molecule has 9 heteroatoms. The highest BCUT2D eigenvalue weighted by Gasteiger charge is 2.27. The van der Waals surface area contributed by atoms with E-state index in [1.54, 1.807) is 11.4 Å². The molecule has 0 amide bonds. The minimum absolute atomic E-state index is 0.252. The van der Waals surface area contributed by atoms with Crippen LogP contribution in [0.2, 0.25) is 0 Å². The SMILES string of the molecule is CCCCc1ccc(-n2c(C)c(C)n3c4c(=O)n([C@@H](C)C(=O)OC)c(=O)n(C)c4nc23)cc1. The van der Waals surface area contributed by atoms with Gasteiger partial charge in [0.15, 0.2) is 11.2 Å². The van der Waals surface area contributed by atoms with Gasteiger partial charge in [-0.3, -0.25) is 18.3 Å². The molecule has 1 atom stereocenters. The molecule has 0 aliphatic heterocycles. The van der Waals surface area contributed by atoms with Gasteiger partial charge in [0.05, 0.1) is 7.11 Å². The molecule has 0 N–H and O–H groups in total. The maximum atomic E-state index is 13.5. The van der Waals surface area contributed by atoms with Crippen molar-refractivity contribution in [2.45, 2.75) is 53.0 Å². The summed E-state index contributed by atoms with van der Waals surface area (Å²) >= 11 is 0. The fourth-order valence-electron chi connectivity index (χ4n) is 4.34. The van der Waals surface area contributed by atoms with E-state index in [-0.39, 0.29) is 11.2 Å². The Morgan fingerprint density at radius 1 is 1.12 bits per heavy atom. The predicted molar refractivity (Wildman–Crippen MR) is 126 cm³/mol. The highest BCUT2D eigenvalue weighted by Crippen LogP contribution is 2.25. The monoisotopic (exact) mass is 451 g/mol. The van der Waals surface area contributed by atoms with Gasteiger partial charge in [0.25, 0.3) is 5.56 Å². The maximum Gasteiger partial charge on any atom is 0.333 e. The van der Waals surface area contributed by atoms with Gasteiger partial charge in [0.2, 0.25) is 5.78 Å². The molecule has 0 radical (unpaired) electrons. The number of nitrogens with zero attached hydrogens (tertiary/aromatic N) is 5. The number of benzene rings is 1. The van der Waals surface area contributed by atoms with Crippen molar-refractivity contribution in [2.75, 3.05) is 7.11 Å². The number of esters is 1. The molecule has 0 aliphatic rings. The molecule has 0 bridgehead atoms. The van der Waals surface area contributed by atoms with Crippen molar-refractivity contribution in [3.63, 3.8) is 0 Å². The van der Waals surface area contributed by atoms with Crippen molar-refractivity contribution in [1.29, 1.82) is 0 Å². The Bertz CT molecular complexity index is 1480. The molecule has 3 aromatic heterocycles. The highest BCUT2D eigenvalue weighted by molar-refractivity contribution is 5.78. The van der Waals surface area contributed by atoms with Crippen molar-refractivity contribution in [1.82, 2.24) is 23.1 Å². The Labute approximate surface area is 190 Å². The summed E-state index contributed by atoms with van der Waals surface area (Å²) in [5.74, 6) is -0.125. The number of fused-ring (bicyclic) bond motifs is 3. The fraction of sp³-hybridized carbons (Fsp3) is 0.417. The average molecular weight is 452 g/mol. The molecule has 0 saturated carbocycles. The normalized spacial score (nSPS) is 12.5. The van der Waals surface area contributed by atoms with Gasteiger partial charge in [0.1, 0.15) is 6.04 Å². The highest BCUT2D eigenvalue weighted by atomic mass is 16.5. The van der Waals surface area contributed by atoms with E-state index in [0.717, 1.165) is 40.9 Å². The van der Waals surface area contributed by atoms with Gasteiger partial charge in [-0.2, -0.15) is 4.98 Å². The van der Waals surface area contributed by atoms with Crippen molar-refractivity contribution < 1.29 is 9.53 Å². The first-order chi connectivity index (χ1) is 15.7. The Kier molecular flexibility index (Phi) is 5.73. The molecule has 0 fully saturated rings. The van der Waals surface area contributed by atoms with Crippen molar-refractivity contribution >= 4 is 22.9 Å². The molecule has 4 aromatic rings. The largest absolute Gasteiger partial charge is 0.467 e. The van der Waals surface area contributed by atoms with Crippen molar-refractivity contribution in [2.24, 2.45) is 7.05 Å². The van der Waals surface area contributed by atoms with Crippen LogP contribution in [0.5, 0.6) is 0 Å². The summed E-state index contributed by atoms with van der Waals surface area (Å²) in [7, 11) is 2.77. The zero-order valence-electron chi connectivity index (χ0n) is 19.9. The average Bonchev–Trinajstić information content (AvgIpc) is 3.31. The van der Waals surface area contributed by atoms with Crippen LogP contribution in [-0.4, -0.2) is 36.2 Å². The van der Waals surface area contributed by atoms with E-state index in [2.05, 4.69) is 19.1 Å². The second kappa shape index (κ2) is 8.38. The summed E-state index contributed by atoms with van der Waals surface area (Å²) in [6, 6.07) is 7.26. The Morgan fingerprint density at radius 2 is 1.79 bits per heavy atom. The lowest BCUT2D eigenvalue weighted by atomic mass is 10.1. The van der Waals surface area contributed by atoms with E-state index < -0.39 is 23.3 Å². The second-order valence-electron chi connectivity index (χ2n) is 8.41. The standard InChI is InChI=1S/C24H29N5O4/c1-7-8-9-17-10-12-18(13-11-17)27-14(2)15(3)28-19-20(25-23(27)28)26(5)24(32)29(21(19)30)16(4)22(31)33-6/h10-13,16H,7-9H2,1-6H3/t16-/m0/s1. The van der Waals surface area contributed by atoms with Gasteiger partial charge in [-0.1, -0.05) is 25.5 Å². The summed E-state index contributed by atoms with van der Waals surface area (Å²) in [6.07, 6.45) is 3.31. The van der Waals surface area contributed by atoms with E-state index in [0.29, 0.717) is 5.78 Å². The first-order valence-electron chi connectivity index (χ1n) is 11.1. The van der Waals surface area contributed by atoms with Crippen LogP contribution >= 0.6 is 0 Å². The smallest absolute Gasteiger partial charge is 0.333 e. The van der Waals surface area contributed by atoms with Gasteiger partial charge in [-0.05, 0) is 51.3 Å². The van der Waals surface area contributed by atoms with Crippen LogP contribution in [0, 0.1) is 13.8 Å². The lowest BCUT2D eigenvalue weighted by Crippen LogP contribution is -2.43. The summed E-state index contributed by atoms with van der Waals surface area (Å²) in [4.78, 5) is 43.2. The third kappa shape index (κ3) is 3.39. The molecular weight excluding hydrogens is 422 g/mol. The van der Waals surface area contributed by atoms with E-state index in [1.807, 2.05) is 30.5 Å². The minimum Gasteiger partial charge on any atom is -0.467 e. The summed E-state index contributed by atoms with van der Waals surface area (Å²) in [5.41, 5.74) is 3.28. The topological polar surface area (TPSA) is 92.5 Å². The van der Waals surface area contributed by atoms with E-state index in [4.69, 9.17) is 9.72 Å². The number of methoxy groups -OCH3 is 1. The van der Waals surface area contributed by atoms with E-state index in [9.17, 15) is 14.4 Å². The first kappa shape index (κ1) is 22.6. The molecule has 33 heavy (non-hydrogen) atoms. The molecular formula is C24H29N5O4. The molecule has 0 unspecified atom stereocenters. The molecule has 9 nitrogen and oxygen atoms in total. The third-order valence-electron chi connectivity index (χ3n) is 6.41. The third-order valence-corrected chi connectivity index (χ3v) is 6.41. The van der Waals surface area contributed by atoms with Gasteiger partial charge in [-0.15, -0.1) is 0 Å². The predicted octanol–water partition coefficient (Wildman–Crippen LogP) is 2.83. The van der Waals surface area contributed by atoms with Crippen LogP contribution in [0.4, 0.5) is 0 Å². The molecule has 1 aromatic carbocycles. The lowest BCUT2D eigenvalue weighted by molar-refractivity contribution is -0.144. The number of ether oxygens (including phenoxy) is 1. The van der Waals surface area contributed by atoms with Crippen molar-refractivity contribution in [3.8, 4) is 5.69 Å². The van der Waals surface area contributed by atoms with Crippen LogP contribution in [0.1, 0.15) is 49.7 Å². The number of aryl methyl sites for hydroxylation is 3. The quantitative estimate of drug-likeness (QED) is 0.420. The van der Waals surface area contributed by atoms with Crippen LogP contribution in [0.15, 0.2) is 33.9 Å². The number of aromatic nitrogens is 5. The Balaban J connectivity index is 2.01. The van der Waals surface area contributed by atoms with Crippen LogP contribution in [0.3, 0.4) is 0 Å². The first-order valence-corrected chi connectivity index (χ1v) is 11.1. The number of carbonyl (C=O) groups is 1. The van der Waals surface area contributed by atoms with Gasteiger partial charge in [0, 0.05) is 24.1 Å². The number of hydrogen-bond acceptors (Lipinski definition) is 5. The molecule has 0 spiro atoms. The number of unbranched alkanes of at least 4 members (excludes halogenated alkanes) is 1.